The number of fused-ring (bicyclic) bond motifs is 1. The molecule has 0 saturated carbocycles. The molecule has 0 saturated heterocycles. The van der Waals surface area contributed by atoms with Gasteiger partial charge in [0.25, 0.3) is 0 Å². The number of H-pyrrole nitrogens is 1. The normalized spacial score (nSPS) is 13.7. The van der Waals surface area contributed by atoms with E-state index in [9.17, 15) is 0 Å². The lowest BCUT2D eigenvalue weighted by molar-refractivity contribution is 1.06. The third kappa shape index (κ3) is 2.25. The lowest BCUT2D eigenvalue weighted by Crippen LogP contribution is -1.97. The molecule has 2 nitrogen and oxygen atoms in total. The maximum atomic E-state index is 5.99. The van der Waals surface area contributed by atoms with Crippen LogP contribution in [0.3, 0.4) is 0 Å². The van der Waals surface area contributed by atoms with Crippen molar-refractivity contribution in [1.29, 1.82) is 0 Å². The summed E-state index contributed by atoms with van der Waals surface area (Å²) >= 11 is 16.6. The van der Waals surface area contributed by atoms with Gasteiger partial charge < -0.3 is 4.98 Å². The number of benzene rings is 1. The topological polar surface area (TPSA) is 28.7 Å². The Morgan fingerprint density at radius 1 is 1.39 bits per heavy atom. The third-order valence-corrected chi connectivity index (χ3v) is 5.33. The zero-order chi connectivity index (χ0) is 12.7. The molecule has 2 aromatic rings. The number of nitrogens with one attached hydrogen (secondary N) is 1. The molecule has 1 aromatic heterocycles. The molecule has 1 N–H and O–H groups in total. The second kappa shape index (κ2) is 4.96. The van der Waals surface area contributed by atoms with E-state index in [0.717, 1.165) is 27.4 Å². The van der Waals surface area contributed by atoms with E-state index in [4.69, 9.17) is 23.8 Å². The van der Waals surface area contributed by atoms with E-state index in [1.54, 1.807) is 0 Å². The van der Waals surface area contributed by atoms with Gasteiger partial charge in [0.15, 0.2) is 0 Å². The first kappa shape index (κ1) is 12.7. The van der Waals surface area contributed by atoms with Crippen molar-refractivity contribution in [2.45, 2.75) is 11.5 Å². The Balaban J connectivity index is 2.15. The first-order valence-corrected chi connectivity index (χ1v) is 8.04. The summed E-state index contributed by atoms with van der Waals surface area (Å²) < 4.78 is 1.56. The molecule has 6 heteroatoms. The van der Waals surface area contributed by atoms with Crippen molar-refractivity contribution in [3.8, 4) is 11.4 Å². The molecule has 0 amide bonds. The average Bonchev–Trinajstić information content (AvgIpc) is 2.81. The minimum atomic E-state index is 0.689. The minimum Gasteiger partial charge on any atom is -0.342 e. The molecule has 0 radical (unpaired) electrons. The number of hydrogen-bond acceptors (Lipinski definition) is 3. The van der Waals surface area contributed by atoms with E-state index < -0.39 is 0 Å². The second-order valence-electron chi connectivity index (χ2n) is 3.97. The Hall–Kier alpha value is -0.360. The molecule has 1 aliphatic rings. The predicted molar refractivity (Wildman–Crippen MR) is 82.6 cm³/mol. The summed E-state index contributed by atoms with van der Waals surface area (Å²) in [6.07, 6.45) is 0. The molecule has 92 valence electrons. The van der Waals surface area contributed by atoms with E-state index in [0.29, 0.717) is 9.66 Å². The SMILES string of the molecule is S=c1nc(-c2ccc(Cl)c(Br)c2)[nH]c2c1CSC2. The molecule has 0 bridgehead atoms. The van der Waals surface area contributed by atoms with Crippen molar-refractivity contribution in [1.82, 2.24) is 9.97 Å². The van der Waals surface area contributed by atoms with E-state index in [1.165, 1.54) is 11.3 Å². The quantitative estimate of drug-likeness (QED) is 0.729. The van der Waals surface area contributed by atoms with Gasteiger partial charge in [-0.3, -0.25) is 0 Å². The number of aromatic amines is 1. The smallest absolute Gasteiger partial charge is 0.139 e. The van der Waals surface area contributed by atoms with Crippen LogP contribution in [0.25, 0.3) is 11.4 Å². The van der Waals surface area contributed by atoms with Crippen molar-refractivity contribution in [3.05, 3.63) is 43.6 Å². The highest BCUT2D eigenvalue weighted by molar-refractivity contribution is 9.10. The summed E-state index contributed by atoms with van der Waals surface area (Å²) in [5, 5.41) is 0.689. The maximum Gasteiger partial charge on any atom is 0.139 e. The van der Waals surface area contributed by atoms with Gasteiger partial charge in [0.05, 0.1) is 5.02 Å². The van der Waals surface area contributed by atoms with Crippen LogP contribution in [0.1, 0.15) is 11.3 Å². The number of aromatic nitrogens is 2. The summed E-state index contributed by atoms with van der Waals surface area (Å²) in [7, 11) is 0. The van der Waals surface area contributed by atoms with Crippen LogP contribution >= 0.6 is 51.5 Å². The van der Waals surface area contributed by atoms with Gasteiger partial charge in [-0.25, -0.2) is 4.98 Å². The van der Waals surface area contributed by atoms with E-state index >= 15 is 0 Å². The number of rotatable bonds is 1. The number of halogens is 2. The fourth-order valence-corrected chi connectivity index (χ4v) is 3.79. The number of thioether (sulfide) groups is 1. The standard InChI is InChI=1S/C12H8BrClN2S2/c13-8-3-6(1-2-9(8)14)11-15-10-5-18-4-7(10)12(17)16-11/h1-3H,4-5H2,(H,15,16,17). The van der Waals surface area contributed by atoms with E-state index in [2.05, 4.69) is 25.9 Å². The molecule has 18 heavy (non-hydrogen) atoms. The molecule has 0 spiro atoms. The van der Waals surface area contributed by atoms with Crippen LogP contribution in [0.5, 0.6) is 0 Å². The molecular formula is C12H8BrClN2S2. The van der Waals surface area contributed by atoms with E-state index in [1.807, 2.05) is 30.0 Å². The van der Waals surface area contributed by atoms with Gasteiger partial charge in [-0.1, -0.05) is 23.8 Å². The Bertz CT molecular complexity index is 684. The van der Waals surface area contributed by atoms with Gasteiger partial charge in [-0.15, -0.1) is 0 Å². The lowest BCUT2D eigenvalue weighted by atomic mass is 10.2. The Kier molecular flexibility index (Phi) is 3.49. The first-order chi connectivity index (χ1) is 8.65. The van der Waals surface area contributed by atoms with Gasteiger partial charge in [0, 0.05) is 32.8 Å². The highest BCUT2D eigenvalue weighted by Crippen LogP contribution is 2.32. The third-order valence-electron chi connectivity index (χ3n) is 2.79. The van der Waals surface area contributed by atoms with Gasteiger partial charge >= 0.3 is 0 Å². The van der Waals surface area contributed by atoms with Crippen LogP contribution in [-0.2, 0) is 11.5 Å². The molecule has 0 unspecified atom stereocenters. The lowest BCUT2D eigenvalue weighted by Gasteiger charge is -2.06. The van der Waals surface area contributed by atoms with Crippen molar-refractivity contribution < 1.29 is 0 Å². The molecule has 0 atom stereocenters. The number of hydrogen-bond donors (Lipinski definition) is 1. The van der Waals surface area contributed by atoms with Crippen LogP contribution < -0.4 is 0 Å². The fourth-order valence-electron chi connectivity index (χ4n) is 1.85. The number of nitrogens with zero attached hydrogens (tertiary/aromatic N) is 1. The Morgan fingerprint density at radius 3 is 3.00 bits per heavy atom. The monoisotopic (exact) mass is 358 g/mol. The zero-order valence-corrected chi connectivity index (χ0v) is 13.1. The molecule has 2 heterocycles. The van der Waals surface area contributed by atoms with Gasteiger partial charge in [0.2, 0.25) is 0 Å². The molecule has 1 aromatic carbocycles. The van der Waals surface area contributed by atoms with Crippen LogP contribution in [-0.4, -0.2) is 9.97 Å². The molecule has 1 aliphatic heterocycles. The fraction of sp³-hybridized carbons (Fsp3) is 0.167. The predicted octanol–water partition coefficient (Wildman–Crippen LogP) is 4.97. The highest BCUT2D eigenvalue weighted by atomic mass is 79.9. The van der Waals surface area contributed by atoms with Gasteiger partial charge in [-0.2, -0.15) is 11.8 Å². The summed E-state index contributed by atoms with van der Waals surface area (Å²) in [6.45, 7) is 0. The highest BCUT2D eigenvalue weighted by Gasteiger charge is 2.16. The Morgan fingerprint density at radius 2 is 2.22 bits per heavy atom. The first-order valence-electron chi connectivity index (χ1n) is 5.30. The minimum absolute atomic E-state index is 0.689. The maximum absolute atomic E-state index is 5.99. The van der Waals surface area contributed by atoms with Crippen LogP contribution in [0, 0.1) is 4.64 Å². The summed E-state index contributed by atoms with van der Waals surface area (Å²) in [5.74, 6) is 2.74. The van der Waals surface area contributed by atoms with Crippen LogP contribution in [0.15, 0.2) is 22.7 Å². The second-order valence-corrected chi connectivity index (χ2v) is 6.60. The average molecular weight is 360 g/mol. The van der Waals surface area contributed by atoms with Gasteiger partial charge in [0.1, 0.15) is 10.5 Å². The zero-order valence-electron chi connectivity index (χ0n) is 9.17. The summed E-state index contributed by atoms with van der Waals surface area (Å²) in [4.78, 5) is 7.83. The largest absolute Gasteiger partial charge is 0.342 e. The van der Waals surface area contributed by atoms with Gasteiger partial charge in [-0.05, 0) is 34.1 Å². The van der Waals surface area contributed by atoms with Crippen molar-refractivity contribution in [2.24, 2.45) is 0 Å². The van der Waals surface area contributed by atoms with E-state index in [-0.39, 0.29) is 0 Å². The molecule has 0 fully saturated rings. The van der Waals surface area contributed by atoms with Crippen molar-refractivity contribution in [2.75, 3.05) is 0 Å². The van der Waals surface area contributed by atoms with Crippen molar-refractivity contribution >= 4 is 51.5 Å². The summed E-state index contributed by atoms with van der Waals surface area (Å²) in [6, 6.07) is 5.74. The summed E-state index contributed by atoms with van der Waals surface area (Å²) in [5.41, 5.74) is 3.35. The molecular weight excluding hydrogens is 352 g/mol. The van der Waals surface area contributed by atoms with Crippen LogP contribution in [0.2, 0.25) is 5.02 Å². The van der Waals surface area contributed by atoms with Crippen molar-refractivity contribution in [3.63, 3.8) is 0 Å². The Labute approximate surface area is 127 Å². The molecule has 3 rings (SSSR count). The van der Waals surface area contributed by atoms with Crippen LogP contribution in [0.4, 0.5) is 0 Å². The molecule has 0 aliphatic carbocycles.